The van der Waals surface area contributed by atoms with E-state index in [9.17, 15) is 4.79 Å². The van der Waals surface area contributed by atoms with Crippen LogP contribution in [0.5, 0.6) is 5.75 Å². The van der Waals surface area contributed by atoms with Crippen molar-refractivity contribution in [1.82, 2.24) is 5.32 Å². The van der Waals surface area contributed by atoms with Crippen molar-refractivity contribution in [2.45, 2.75) is 0 Å². The lowest BCUT2D eigenvalue weighted by Crippen LogP contribution is -2.20. The van der Waals surface area contributed by atoms with Gasteiger partial charge in [0.1, 0.15) is 5.75 Å². The number of amides is 1. The number of nitrogens with one attached hydrogen (secondary N) is 1. The van der Waals surface area contributed by atoms with E-state index in [0.717, 1.165) is 11.5 Å². The van der Waals surface area contributed by atoms with E-state index in [1.165, 1.54) is 0 Å². The van der Waals surface area contributed by atoms with Gasteiger partial charge >= 0.3 is 0 Å². The molecule has 0 heterocycles. The highest BCUT2D eigenvalue weighted by Gasteiger charge is 1.98. The van der Waals surface area contributed by atoms with Crippen molar-refractivity contribution in [3.8, 4) is 5.75 Å². The predicted octanol–water partition coefficient (Wildman–Crippen LogP) is 1.13. The first-order valence-electron chi connectivity index (χ1n) is 4.99. The highest BCUT2D eigenvalue weighted by molar-refractivity contribution is 7.99. The largest absolute Gasteiger partial charge is 0.493 e. The third-order valence-electron chi connectivity index (χ3n) is 1.87. The number of carbonyl (C=O) groups is 1. The van der Waals surface area contributed by atoms with Gasteiger partial charge in [-0.25, -0.2) is 0 Å². The summed E-state index contributed by atoms with van der Waals surface area (Å²) in [4.78, 5) is 10.9. The quantitative estimate of drug-likeness (QED) is 0.578. The van der Waals surface area contributed by atoms with Crippen molar-refractivity contribution in [3.05, 3.63) is 24.3 Å². The lowest BCUT2D eigenvalue weighted by molar-refractivity contribution is -0.118. The Labute approximate surface area is 99.5 Å². The molecule has 5 heteroatoms. The zero-order valence-corrected chi connectivity index (χ0v) is 10.0. The van der Waals surface area contributed by atoms with E-state index in [2.05, 4.69) is 5.32 Å². The van der Waals surface area contributed by atoms with E-state index in [1.807, 2.05) is 18.2 Å². The number of thioether (sulfide) groups is 1. The molecule has 0 bridgehead atoms. The Morgan fingerprint density at radius 3 is 3.06 bits per heavy atom. The van der Waals surface area contributed by atoms with Crippen molar-refractivity contribution in [1.29, 1.82) is 0 Å². The Morgan fingerprint density at radius 2 is 2.38 bits per heavy atom. The molecule has 0 saturated heterocycles. The van der Waals surface area contributed by atoms with Crippen LogP contribution < -0.4 is 15.8 Å². The molecule has 1 rings (SSSR count). The zero-order chi connectivity index (χ0) is 11.8. The maximum atomic E-state index is 10.9. The van der Waals surface area contributed by atoms with Gasteiger partial charge in [-0.05, 0) is 12.1 Å². The summed E-state index contributed by atoms with van der Waals surface area (Å²) in [6.45, 7) is 0.575. The fourth-order valence-electron chi connectivity index (χ4n) is 1.06. The average molecular weight is 240 g/mol. The Hall–Kier alpha value is -1.36. The number of anilines is 1. The van der Waals surface area contributed by atoms with E-state index >= 15 is 0 Å². The number of hydrogen-bond donors (Lipinski definition) is 2. The minimum atomic E-state index is 0.0361. The van der Waals surface area contributed by atoms with E-state index in [1.54, 1.807) is 24.9 Å². The lowest BCUT2D eigenvalue weighted by Gasteiger charge is -2.06. The summed E-state index contributed by atoms with van der Waals surface area (Å²) >= 11 is 1.54. The molecule has 1 aromatic carbocycles. The molecule has 0 saturated carbocycles. The highest BCUT2D eigenvalue weighted by Crippen LogP contribution is 2.14. The van der Waals surface area contributed by atoms with E-state index in [0.29, 0.717) is 18.0 Å². The Morgan fingerprint density at radius 1 is 1.56 bits per heavy atom. The zero-order valence-electron chi connectivity index (χ0n) is 9.23. The van der Waals surface area contributed by atoms with Crippen LogP contribution in [0.3, 0.4) is 0 Å². The first-order chi connectivity index (χ1) is 7.72. The highest BCUT2D eigenvalue weighted by atomic mass is 32.2. The fourth-order valence-corrected chi connectivity index (χ4v) is 1.74. The van der Waals surface area contributed by atoms with Gasteiger partial charge in [0.05, 0.1) is 12.4 Å². The van der Waals surface area contributed by atoms with Gasteiger partial charge in [0.15, 0.2) is 0 Å². The van der Waals surface area contributed by atoms with Gasteiger partial charge < -0.3 is 15.8 Å². The van der Waals surface area contributed by atoms with Gasteiger partial charge in [0.2, 0.25) is 5.91 Å². The van der Waals surface area contributed by atoms with Gasteiger partial charge in [-0.3, -0.25) is 4.79 Å². The monoisotopic (exact) mass is 240 g/mol. The van der Waals surface area contributed by atoms with Gasteiger partial charge in [-0.1, -0.05) is 6.07 Å². The molecule has 0 aliphatic carbocycles. The van der Waals surface area contributed by atoms with E-state index in [-0.39, 0.29) is 5.91 Å². The van der Waals surface area contributed by atoms with Crippen LogP contribution in [0.2, 0.25) is 0 Å². The summed E-state index contributed by atoms with van der Waals surface area (Å²) in [6, 6.07) is 7.30. The predicted molar refractivity (Wildman–Crippen MR) is 67.7 cm³/mol. The van der Waals surface area contributed by atoms with Crippen LogP contribution in [0.1, 0.15) is 0 Å². The minimum Gasteiger partial charge on any atom is -0.493 e. The van der Waals surface area contributed by atoms with Crippen molar-refractivity contribution in [2.24, 2.45) is 0 Å². The summed E-state index contributed by atoms with van der Waals surface area (Å²) in [7, 11) is 1.63. The molecule has 1 amide bonds. The fraction of sp³-hybridized carbons (Fsp3) is 0.364. The van der Waals surface area contributed by atoms with Gasteiger partial charge in [-0.2, -0.15) is 0 Å². The van der Waals surface area contributed by atoms with Crippen LogP contribution in [0.15, 0.2) is 24.3 Å². The molecule has 0 spiro atoms. The molecule has 0 fully saturated rings. The van der Waals surface area contributed by atoms with Crippen molar-refractivity contribution in [2.75, 3.05) is 30.9 Å². The normalized spacial score (nSPS) is 9.81. The molecule has 0 unspecified atom stereocenters. The second-order valence-electron chi connectivity index (χ2n) is 3.15. The molecule has 0 aromatic heterocycles. The molecule has 16 heavy (non-hydrogen) atoms. The second kappa shape index (κ2) is 7.00. The summed E-state index contributed by atoms with van der Waals surface area (Å²) in [5.41, 5.74) is 6.30. The van der Waals surface area contributed by atoms with Crippen molar-refractivity contribution in [3.63, 3.8) is 0 Å². The number of hydrogen-bond acceptors (Lipinski definition) is 4. The number of carbonyl (C=O) groups excluding carboxylic acids is 1. The van der Waals surface area contributed by atoms with E-state index in [4.69, 9.17) is 10.5 Å². The number of rotatable bonds is 6. The van der Waals surface area contributed by atoms with Gasteiger partial charge in [0.25, 0.3) is 0 Å². The van der Waals surface area contributed by atoms with Crippen LogP contribution >= 0.6 is 11.8 Å². The standard InChI is InChI=1S/C11H16N2O2S/c1-13-11(14)8-16-6-5-15-10-4-2-3-9(12)7-10/h2-4,7H,5-6,8,12H2,1H3,(H,13,14). The molecule has 3 N–H and O–H groups in total. The second-order valence-corrected chi connectivity index (χ2v) is 4.25. The van der Waals surface area contributed by atoms with Crippen LogP contribution in [0.25, 0.3) is 0 Å². The smallest absolute Gasteiger partial charge is 0.229 e. The molecule has 0 aliphatic rings. The molecule has 4 nitrogen and oxygen atoms in total. The van der Waals surface area contributed by atoms with Crippen LogP contribution in [-0.4, -0.2) is 31.1 Å². The van der Waals surface area contributed by atoms with Gasteiger partial charge in [0, 0.05) is 24.6 Å². The topological polar surface area (TPSA) is 64.3 Å². The SMILES string of the molecule is CNC(=O)CSCCOc1cccc(N)c1. The number of ether oxygens (including phenoxy) is 1. The summed E-state index contributed by atoms with van der Waals surface area (Å²) < 4.78 is 5.47. The lowest BCUT2D eigenvalue weighted by atomic mass is 10.3. The molecule has 0 atom stereocenters. The molecular formula is C11H16N2O2S. The number of nitrogen functional groups attached to an aromatic ring is 1. The van der Waals surface area contributed by atoms with Crippen molar-refractivity contribution < 1.29 is 9.53 Å². The Kier molecular flexibility index (Phi) is 5.56. The third-order valence-corrected chi connectivity index (χ3v) is 2.79. The Bertz CT molecular complexity index is 345. The van der Waals surface area contributed by atoms with E-state index < -0.39 is 0 Å². The number of nitrogens with two attached hydrogens (primary N) is 1. The number of benzene rings is 1. The summed E-state index contributed by atoms with van der Waals surface area (Å²) in [5, 5.41) is 2.56. The maximum absolute atomic E-state index is 10.9. The average Bonchev–Trinajstić information content (AvgIpc) is 2.28. The first-order valence-corrected chi connectivity index (χ1v) is 6.14. The molecule has 0 aliphatic heterocycles. The van der Waals surface area contributed by atoms with Crippen molar-refractivity contribution >= 4 is 23.4 Å². The Balaban J connectivity index is 2.14. The molecule has 1 aromatic rings. The van der Waals surface area contributed by atoms with Crippen LogP contribution in [0.4, 0.5) is 5.69 Å². The van der Waals surface area contributed by atoms with Crippen LogP contribution in [-0.2, 0) is 4.79 Å². The molecular weight excluding hydrogens is 224 g/mol. The summed E-state index contributed by atoms with van der Waals surface area (Å²) in [6.07, 6.45) is 0. The minimum absolute atomic E-state index is 0.0361. The first kappa shape index (κ1) is 12.7. The molecule has 88 valence electrons. The molecule has 0 radical (unpaired) electrons. The van der Waals surface area contributed by atoms with Crippen LogP contribution in [0, 0.1) is 0 Å². The third kappa shape index (κ3) is 4.93. The summed E-state index contributed by atoms with van der Waals surface area (Å²) in [5.74, 6) is 2.05. The maximum Gasteiger partial charge on any atom is 0.229 e. The van der Waals surface area contributed by atoms with Gasteiger partial charge in [-0.15, -0.1) is 11.8 Å².